The van der Waals surface area contributed by atoms with Crippen LogP contribution in [0.3, 0.4) is 0 Å². The molecule has 0 aliphatic heterocycles. The second-order valence-electron chi connectivity index (χ2n) is 4.23. The molecule has 0 heterocycles. The molecule has 0 N–H and O–H groups in total. The smallest absolute Gasteiger partial charge is 0.362 e. The Bertz CT molecular complexity index is 250. The van der Waals surface area contributed by atoms with E-state index in [9.17, 15) is 18.0 Å². The molecule has 0 radical (unpaired) electrons. The van der Waals surface area contributed by atoms with Crippen molar-refractivity contribution in [2.45, 2.75) is 44.8 Å². The van der Waals surface area contributed by atoms with Crippen molar-refractivity contribution in [1.82, 2.24) is 4.90 Å². The quantitative estimate of drug-likeness (QED) is 0.752. The Labute approximate surface area is 98.9 Å². The molecule has 3 nitrogen and oxygen atoms in total. The van der Waals surface area contributed by atoms with Gasteiger partial charge in [-0.2, -0.15) is 13.2 Å². The molecule has 0 bridgehead atoms. The fraction of sp³-hybridized carbons (Fsp3) is 0.909. The van der Waals surface area contributed by atoms with Crippen LogP contribution in [0.1, 0.15) is 32.6 Å². The molecule has 6 heteroatoms. The van der Waals surface area contributed by atoms with Crippen LogP contribution in [0.15, 0.2) is 0 Å². The highest BCUT2D eigenvalue weighted by molar-refractivity contribution is 5.77. The van der Waals surface area contributed by atoms with Crippen molar-refractivity contribution < 1.29 is 22.7 Å². The molecule has 1 rings (SSSR count). The maximum Gasteiger partial charge on any atom is 0.411 e. The minimum absolute atomic E-state index is 0.182. The first-order valence-corrected chi connectivity index (χ1v) is 5.88. The minimum atomic E-state index is -4.37. The topological polar surface area (TPSA) is 29.5 Å². The number of nitrogens with zero attached hydrogens (tertiary/aromatic N) is 1. The first-order chi connectivity index (χ1) is 7.94. The van der Waals surface area contributed by atoms with Crippen LogP contribution in [-0.2, 0) is 9.53 Å². The predicted molar refractivity (Wildman–Crippen MR) is 56.5 cm³/mol. The Morgan fingerprint density at radius 3 is 2.41 bits per heavy atom. The highest BCUT2D eigenvalue weighted by Crippen LogP contribution is 2.23. The average molecular weight is 253 g/mol. The normalized spacial score (nSPS) is 17.4. The maximum absolute atomic E-state index is 11.8. The van der Waals surface area contributed by atoms with E-state index in [1.807, 2.05) is 6.92 Å². The van der Waals surface area contributed by atoms with E-state index in [4.69, 9.17) is 0 Å². The Morgan fingerprint density at radius 2 is 1.94 bits per heavy atom. The van der Waals surface area contributed by atoms with Crippen LogP contribution < -0.4 is 0 Å². The summed E-state index contributed by atoms with van der Waals surface area (Å²) < 4.78 is 39.9. The van der Waals surface area contributed by atoms with Crippen molar-refractivity contribution in [2.24, 2.45) is 0 Å². The Balaban J connectivity index is 2.33. The number of ether oxygens (including phenoxy) is 1. The summed E-state index contributed by atoms with van der Waals surface area (Å²) in [5, 5.41) is 0. The number of likely N-dealkylation sites (N-methyl/N-ethyl adjacent to an activating group) is 1. The number of halogens is 3. The van der Waals surface area contributed by atoms with E-state index in [1.54, 1.807) is 4.90 Å². The minimum Gasteiger partial charge on any atom is -0.362 e. The highest BCUT2D eigenvalue weighted by atomic mass is 19.4. The van der Waals surface area contributed by atoms with Crippen LogP contribution >= 0.6 is 0 Å². The van der Waals surface area contributed by atoms with Gasteiger partial charge in [0.15, 0.2) is 0 Å². The predicted octanol–water partition coefficient (Wildman–Crippen LogP) is 2.36. The van der Waals surface area contributed by atoms with Gasteiger partial charge in [-0.1, -0.05) is 12.8 Å². The lowest BCUT2D eigenvalue weighted by Gasteiger charge is -2.27. The van der Waals surface area contributed by atoms with E-state index < -0.39 is 19.4 Å². The molecule has 1 fully saturated rings. The summed E-state index contributed by atoms with van der Waals surface area (Å²) in [5.41, 5.74) is 0. The van der Waals surface area contributed by atoms with Gasteiger partial charge in [-0.15, -0.1) is 0 Å². The summed E-state index contributed by atoms with van der Waals surface area (Å²) in [6, 6.07) is 0.182. The molecule has 1 saturated carbocycles. The van der Waals surface area contributed by atoms with Gasteiger partial charge in [0, 0.05) is 12.6 Å². The van der Waals surface area contributed by atoms with Gasteiger partial charge < -0.3 is 9.64 Å². The van der Waals surface area contributed by atoms with Gasteiger partial charge in [-0.3, -0.25) is 4.79 Å². The van der Waals surface area contributed by atoms with Crippen LogP contribution in [0, 0.1) is 0 Å². The molecule has 0 aromatic carbocycles. The molecule has 0 saturated heterocycles. The number of alkyl halides is 3. The summed E-state index contributed by atoms with van der Waals surface area (Å²) in [5.74, 6) is -0.344. The van der Waals surface area contributed by atoms with E-state index in [-0.39, 0.29) is 11.9 Å². The summed E-state index contributed by atoms with van der Waals surface area (Å²) >= 11 is 0. The molecule has 1 aliphatic carbocycles. The third kappa shape index (κ3) is 4.93. The number of rotatable bonds is 5. The van der Waals surface area contributed by atoms with Gasteiger partial charge >= 0.3 is 6.18 Å². The van der Waals surface area contributed by atoms with Crippen LogP contribution in [0.25, 0.3) is 0 Å². The molecular formula is C11H18F3NO2. The van der Waals surface area contributed by atoms with Gasteiger partial charge in [0.05, 0.1) is 0 Å². The van der Waals surface area contributed by atoms with Crippen molar-refractivity contribution in [1.29, 1.82) is 0 Å². The van der Waals surface area contributed by atoms with Gasteiger partial charge in [-0.25, -0.2) is 0 Å². The molecule has 17 heavy (non-hydrogen) atoms. The van der Waals surface area contributed by atoms with Gasteiger partial charge in [0.1, 0.15) is 13.2 Å². The van der Waals surface area contributed by atoms with Crippen LogP contribution in [0.4, 0.5) is 13.2 Å². The fourth-order valence-corrected chi connectivity index (χ4v) is 2.19. The average Bonchev–Trinajstić information content (AvgIpc) is 2.70. The zero-order chi connectivity index (χ0) is 12.9. The SMILES string of the molecule is CCN(C(=O)COCC(F)(F)F)C1CCCC1. The third-order valence-electron chi connectivity index (χ3n) is 2.92. The van der Waals surface area contributed by atoms with Crippen molar-refractivity contribution >= 4 is 5.91 Å². The molecular weight excluding hydrogens is 235 g/mol. The van der Waals surface area contributed by atoms with Crippen molar-refractivity contribution in [2.75, 3.05) is 19.8 Å². The molecule has 0 aromatic heterocycles. The van der Waals surface area contributed by atoms with Gasteiger partial charge in [0.25, 0.3) is 0 Å². The van der Waals surface area contributed by atoms with Crippen LogP contribution in [0.2, 0.25) is 0 Å². The van der Waals surface area contributed by atoms with Crippen molar-refractivity contribution in [3.63, 3.8) is 0 Å². The standard InChI is InChI=1S/C11H18F3NO2/c1-2-15(9-5-3-4-6-9)10(16)7-17-8-11(12,13)14/h9H,2-8H2,1H3. The van der Waals surface area contributed by atoms with Crippen molar-refractivity contribution in [3.8, 4) is 0 Å². The highest BCUT2D eigenvalue weighted by Gasteiger charge is 2.29. The zero-order valence-electron chi connectivity index (χ0n) is 9.92. The Hall–Kier alpha value is -0.780. The molecule has 0 atom stereocenters. The summed E-state index contributed by atoms with van der Waals surface area (Å²) in [6.07, 6.45) is -0.321. The number of carbonyl (C=O) groups is 1. The van der Waals surface area contributed by atoms with E-state index in [0.29, 0.717) is 6.54 Å². The number of hydrogen-bond donors (Lipinski definition) is 0. The first kappa shape index (κ1) is 14.3. The molecule has 0 spiro atoms. The van der Waals surface area contributed by atoms with Crippen LogP contribution in [0.5, 0.6) is 0 Å². The van der Waals surface area contributed by atoms with E-state index in [2.05, 4.69) is 4.74 Å². The largest absolute Gasteiger partial charge is 0.411 e. The first-order valence-electron chi connectivity index (χ1n) is 5.88. The Morgan fingerprint density at radius 1 is 1.35 bits per heavy atom. The molecule has 0 unspecified atom stereocenters. The lowest BCUT2D eigenvalue weighted by Crippen LogP contribution is -2.41. The van der Waals surface area contributed by atoms with Gasteiger partial charge in [-0.05, 0) is 19.8 Å². The zero-order valence-corrected chi connectivity index (χ0v) is 9.92. The van der Waals surface area contributed by atoms with E-state index in [0.717, 1.165) is 25.7 Å². The molecule has 1 aliphatic rings. The second kappa shape index (κ2) is 6.23. The summed E-state index contributed by atoms with van der Waals surface area (Å²) in [7, 11) is 0. The third-order valence-corrected chi connectivity index (χ3v) is 2.92. The van der Waals surface area contributed by atoms with E-state index >= 15 is 0 Å². The second-order valence-corrected chi connectivity index (χ2v) is 4.23. The van der Waals surface area contributed by atoms with Crippen LogP contribution in [-0.4, -0.2) is 42.8 Å². The lowest BCUT2D eigenvalue weighted by atomic mass is 10.2. The Kier molecular flexibility index (Phi) is 5.24. The summed E-state index contributed by atoms with van der Waals surface area (Å²) in [4.78, 5) is 13.3. The lowest BCUT2D eigenvalue weighted by molar-refractivity contribution is -0.178. The number of carbonyl (C=O) groups excluding carboxylic acids is 1. The fourth-order valence-electron chi connectivity index (χ4n) is 2.19. The monoisotopic (exact) mass is 253 g/mol. The van der Waals surface area contributed by atoms with E-state index in [1.165, 1.54) is 0 Å². The summed E-state index contributed by atoms with van der Waals surface area (Å²) in [6.45, 7) is 0.518. The molecule has 100 valence electrons. The number of hydrogen-bond acceptors (Lipinski definition) is 2. The van der Waals surface area contributed by atoms with Crippen molar-refractivity contribution in [3.05, 3.63) is 0 Å². The molecule has 0 aromatic rings. The van der Waals surface area contributed by atoms with Gasteiger partial charge in [0.2, 0.25) is 5.91 Å². The maximum atomic E-state index is 11.8. The number of amides is 1. The molecule has 1 amide bonds.